The summed E-state index contributed by atoms with van der Waals surface area (Å²) in [5.41, 5.74) is 1.27. The van der Waals surface area contributed by atoms with Gasteiger partial charge in [0.25, 0.3) is 0 Å². The van der Waals surface area contributed by atoms with Crippen LogP contribution in [0.3, 0.4) is 0 Å². The summed E-state index contributed by atoms with van der Waals surface area (Å²) in [5, 5.41) is 1.96. The average molecular weight is 517 g/mol. The number of ether oxygens (including phenoxy) is 2. The van der Waals surface area contributed by atoms with Gasteiger partial charge in [-0.1, -0.05) is 30.3 Å². The van der Waals surface area contributed by atoms with Crippen molar-refractivity contribution in [2.75, 3.05) is 40.4 Å². The maximum absolute atomic E-state index is 13.4. The summed E-state index contributed by atoms with van der Waals surface area (Å²) >= 11 is 0. The summed E-state index contributed by atoms with van der Waals surface area (Å²) in [5.74, 6) is 1.37. The van der Waals surface area contributed by atoms with Gasteiger partial charge in [0.2, 0.25) is 0 Å². The fraction of sp³-hybridized carbons (Fsp3) is 0.320. The van der Waals surface area contributed by atoms with Gasteiger partial charge < -0.3 is 37.9 Å². The molecule has 158 valence electrons. The molecule has 4 rings (SSSR count). The smallest absolute Gasteiger partial charge is 0.197 e. The van der Waals surface area contributed by atoms with E-state index in [2.05, 4.69) is 7.05 Å². The first-order valence-electron chi connectivity index (χ1n) is 10.3. The Bertz CT molecular complexity index is 1010. The molecule has 30 heavy (non-hydrogen) atoms. The van der Waals surface area contributed by atoms with E-state index in [1.54, 1.807) is 7.11 Å². The summed E-state index contributed by atoms with van der Waals surface area (Å²) in [7, 11) is 3.91. The first kappa shape index (κ1) is 22.6. The number of likely N-dealkylation sites (N-methyl/N-ethyl adjacent to an activating group) is 1. The molecule has 0 aliphatic carbocycles. The number of likely N-dealkylation sites (tertiary alicyclic amines) is 1. The molecule has 0 atom stereocenters. The van der Waals surface area contributed by atoms with E-state index in [9.17, 15) is 4.79 Å². The normalized spacial score (nSPS) is 14.9. The zero-order valence-electron chi connectivity index (χ0n) is 17.6. The Kier molecular flexibility index (Phi) is 7.36. The van der Waals surface area contributed by atoms with E-state index < -0.39 is 0 Å². The summed E-state index contributed by atoms with van der Waals surface area (Å²) in [6, 6.07) is 19.2. The number of rotatable bonds is 7. The van der Waals surface area contributed by atoms with Gasteiger partial charge in [-0.2, -0.15) is 0 Å². The molecule has 0 N–H and O–H groups in total. The molecule has 0 saturated carbocycles. The number of fused-ring (bicyclic) bond motifs is 1. The van der Waals surface area contributed by atoms with Gasteiger partial charge in [-0.3, -0.25) is 4.79 Å². The van der Waals surface area contributed by atoms with E-state index in [4.69, 9.17) is 9.47 Å². The summed E-state index contributed by atoms with van der Waals surface area (Å²) in [6.45, 7) is 3.98. The van der Waals surface area contributed by atoms with Crippen molar-refractivity contribution in [1.29, 1.82) is 0 Å². The zero-order chi connectivity index (χ0) is 20.3. The van der Waals surface area contributed by atoms with E-state index in [1.807, 2.05) is 60.7 Å². The van der Waals surface area contributed by atoms with E-state index >= 15 is 0 Å². The van der Waals surface area contributed by atoms with Crippen LogP contribution in [0.25, 0.3) is 10.8 Å². The maximum atomic E-state index is 13.4. The van der Waals surface area contributed by atoms with Crippen LogP contribution in [-0.4, -0.2) is 50.7 Å². The van der Waals surface area contributed by atoms with Crippen LogP contribution in [0.2, 0.25) is 0 Å². The number of benzene rings is 3. The number of hydrogen-bond donors (Lipinski definition) is 0. The molecule has 1 fully saturated rings. The van der Waals surface area contributed by atoms with Crippen molar-refractivity contribution in [3.05, 3.63) is 71.8 Å². The second-order valence-electron chi connectivity index (χ2n) is 8.06. The van der Waals surface area contributed by atoms with Crippen LogP contribution >= 0.6 is 0 Å². The Balaban J connectivity index is 0.00000256. The third-order valence-corrected chi connectivity index (χ3v) is 6.00. The second-order valence-corrected chi connectivity index (χ2v) is 8.06. The van der Waals surface area contributed by atoms with Crippen molar-refractivity contribution in [1.82, 2.24) is 0 Å². The van der Waals surface area contributed by atoms with E-state index in [-0.39, 0.29) is 29.8 Å². The predicted octanol–water partition coefficient (Wildman–Crippen LogP) is 1.70. The van der Waals surface area contributed by atoms with Crippen LogP contribution in [0.5, 0.6) is 11.5 Å². The molecule has 1 saturated heterocycles. The molecular formula is C25H28INO3. The maximum Gasteiger partial charge on any atom is 0.197 e. The number of hydrogen-bond acceptors (Lipinski definition) is 3. The van der Waals surface area contributed by atoms with E-state index in [0.717, 1.165) is 27.5 Å². The molecule has 3 aromatic rings. The van der Waals surface area contributed by atoms with Crippen molar-refractivity contribution in [3.63, 3.8) is 0 Å². The van der Waals surface area contributed by atoms with E-state index in [0.29, 0.717) is 23.5 Å². The molecule has 3 aromatic carbocycles. The first-order chi connectivity index (χ1) is 14.1. The molecule has 1 aliphatic heterocycles. The third-order valence-electron chi connectivity index (χ3n) is 6.00. The van der Waals surface area contributed by atoms with Crippen LogP contribution in [-0.2, 0) is 0 Å². The highest BCUT2D eigenvalue weighted by molar-refractivity contribution is 6.18. The number of methoxy groups -OCH3 is 1. The van der Waals surface area contributed by atoms with Crippen molar-refractivity contribution in [2.45, 2.75) is 12.8 Å². The lowest BCUT2D eigenvalue weighted by Crippen LogP contribution is -3.00. The molecule has 1 heterocycles. The van der Waals surface area contributed by atoms with Crippen LogP contribution in [0.15, 0.2) is 60.7 Å². The van der Waals surface area contributed by atoms with Crippen LogP contribution in [0, 0.1) is 0 Å². The lowest BCUT2D eigenvalue weighted by molar-refractivity contribution is -0.897. The third kappa shape index (κ3) is 4.78. The minimum Gasteiger partial charge on any atom is -1.00 e. The van der Waals surface area contributed by atoms with Gasteiger partial charge in [-0.15, -0.1) is 0 Å². The molecule has 0 radical (unpaired) electrons. The topological polar surface area (TPSA) is 35.5 Å². The molecule has 0 amide bonds. The van der Waals surface area contributed by atoms with Crippen LogP contribution in [0.1, 0.15) is 28.8 Å². The average Bonchev–Trinajstić information content (AvgIpc) is 3.19. The Morgan fingerprint density at radius 2 is 1.67 bits per heavy atom. The van der Waals surface area contributed by atoms with Crippen LogP contribution in [0.4, 0.5) is 0 Å². The number of ketones is 1. The summed E-state index contributed by atoms with van der Waals surface area (Å²) in [4.78, 5) is 13.4. The fourth-order valence-corrected chi connectivity index (χ4v) is 4.19. The quantitative estimate of drug-likeness (QED) is 0.272. The van der Waals surface area contributed by atoms with Gasteiger partial charge in [0, 0.05) is 18.4 Å². The fourth-order valence-electron chi connectivity index (χ4n) is 4.19. The highest BCUT2D eigenvalue weighted by atomic mass is 127. The molecule has 5 heteroatoms. The lowest BCUT2D eigenvalue weighted by Gasteiger charge is -2.29. The summed E-state index contributed by atoms with van der Waals surface area (Å²) in [6.07, 6.45) is 2.57. The van der Waals surface area contributed by atoms with E-state index in [1.165, 1.54) is 25.9 Å². The molecule has 0 aromatic heterocycles. The first-order valence-corrected chi connectivity index (χ1v) is 10.3. The largest absolute Gasteiger partial charge is 1.00 e. The Labute approximate surface area is 195 Å². The van der Waals surface area contributed by atoms with Gasteiger partial charge in [0.1, 0.15) is 24.7 Å². The van der Waals surface area contributed by atoms with Crippen molar-refractivity contribution in [3.8, 4) is 11.5 Å². The summed E-state index contributed by atoms with van der Waals surface area (Å²) < 4.78 is 12.5. The van der Waals surface area contributed by atoms with Crippen molar-refractivity contribution in [2.24, 2.45) is 0 Å². The Morgan fingerprint density at radius 1 is 0.967 bits per heavy atom. The Hall–Kier alpha value is -2.12. The minimum atomic E-state index is -0.0268. The van der Waals surface area contributed by atoms with Crippen LogP contribution < -0.4 is 33.5 Å². The number of halogens is 1. The standard InChI is InChI=1S/C25H28NO3.HI/c1-26(15-5-6-16-26)17-18-29-23-14-11-19-7-3-4-8-22(19)24(23)25(27)20-9-12-21(28-2)13-10-20;/h3-4,7-14H,5-6,15-18H2,1-2H3;1H/q+1;/p-1. The van der Waals surface area contributed by atoms with Gasteiger partial charge in [0.15, 0.2) is 5.78 Å². The van der Waals surface area contributed by atoms with Gasteiger partial charge in [-0.05, 0) is 41.1 Å². The molecule has 0 unspecified atom stereocenters. The van der Waals surface area contributed by atoms with Crippen molar-refractivity contribution < 1.29 is 42.7 Å². The lowest BCUT2D eigenvalue weighted by atomic mass is 9.96. The van der Waals surface area contributed by atoms with Crippen molar-refractivity contribution >= 4 is 16.6 Å². The molecule has 0 bridgehead atoms. The second kappa shape index (κ2) is 9.79. The number of nitrogens with zero attached hydrogens (tertiary/aromatic N) is 1. The van der Waals surface area contributed by atoms with Gasteiger partial charge >= 0.3 is 0 Å². The highest BCUT2D eigenvalue weighted by Crippen LogP contribution is 2.31. The predicted molar refractivity (Wildman–Crippen MR) is 116 cm³/mol. The monoisotopic (exact) mass is 517 g/mol. The zero-order valence-corrected chi connectivity index (χ0v) is 19.7. The number of quaternary nitrogens is 1. The van der Waals surface area contributed by atoms with Gasteiger partial charge in [-0.25, -0.2) is 0 Å². The highest BCUT2D eigenvalue weighted by Gasteiger charge is 2.27. The SMILES string of the molecule is COc1ccc(C(=O)c2c(OCC[N+]3(C)CCCC3)ccc3ccccc23)cc1.[I-]. The van der Waals surface area contributed by atoms with Gasteiger partial charge in [0.05, 0.1) is 32.8 Å². The minimum absolute atomic E-state index is 0. The number of carbonyl (C=O) groups is 1. The molecule has 0 spiro atoms. The molecule has 1 aliphatic rings. The molecule has 4 nitrogen and oxygen atoms in total. The number of carbonyl (C=O) groups excluding carboxylic acids is 1. The Morgan fingerprint density at radius 3 is 2.37 bits per heavy atom. The molecular weight excluding hydrogens is 489 g/mol.